The molecule has 17 heavy (non-hydrogen) atoms. The Morgan fingerprint density at radius 2 is 2.06 bits per heavy atom. The number of hydrogen-bond donors (Lipinski definition) is 1. The molecule has 0 radical (unpaired) electrons. The monoisotopic (exact) mass is 263 g/mol. The van der Waals surface area contributed by atoms with Gasteiger partial charge in [-0.25, -0.2) is 0 Å². The predicted molar refractivity (Wildman–Crippen MR) is 65.3 cm³/mol. The van der Waals surface area contributed by atoms with E-state index < -0.39 is 12.6 Å². The summed E-state index contributed by atoms with van der Waals surface area (Å²) < 4.78 is 36.0. The Morgan fingerprint density at radius 3 is 2.65 bits per heavy atom. The van der Waals surface area contributed by atoms with Gasteiger partial charge in [0.05, 0.1) is 6.42 Å². The third kappa shape index (κ3) is 5.46. The topological polar surface area (TPSA) is 12.0 Å². The van der Waals surface area contributed by atoms with E-state index in [2.05, 4.69) is 5.32 Å². The van der Waals surface area contributed by atoms with Crippen molar-refractivity contribution in [2.24, 2.45) is 0 Å². The van der Waals surface area contributed by atoms with Crippen LogP contribution < -0.4 is 5.32 Å². The van der Waals surface area contributed by atoms with Crippen molar-refractivity contribution in [2.75, 3.05) is 12.8 Å². The minimum atomic E-state index is -4.07. The lowest BCUT2D eigenvalue weighted by atomic mass is 10.1. The van der Waals surface area contributed by atoms with Crippen molar-refractivity contribution in [3.05, 3.63) is 29.8 Å². The Bertz CT molecular complexity index is 352. The summed E-state index contributed by atoms with van der Waals surface area (Å²) in [4.78, 5) is 0.883. The summed E-state index contributed by atoms with van der Waals surface area (Å²) >= 11 is 1.24. The van der Waals surface area contributed by atoms with Crippen LogP contribution in [0.5, 0.6) is 0 Å². The molecule has 0 bridgehead atoms. The summed E-state index contributed by atoms with van der Waals surface area (Å²) in [6, 6.07) is 7.82. The van der Waals surface area contributed by atoms with Gasteiger partial charge < -0.3 is 5.32 Å². The Morgan fingerprint density at radius 1 is 1.35 bits per heavy atom. The first-order valence-electron chi connectivity index (χ1n) is 5.39. The Hall–Kier alpha value is -0.680. The molecule has 1 aromatic carbocycles. The molecular formula is C12H16F3NS. The number of halogens is 3. The molecule has 1 unspecified atom stereocenters. The van der Waals surface area contributed by atoms with E-state index in [1.165, 1.54) is 11.8 Å². The van der Waals surface area contributed by atoms with E-state index >= 15 is 0 Å². The minimum absolute atomic E-state index is 0.0703. The number of thioether (sulfide) groups is 1. The second-order valence-corrected chi connectivity index (χ2v) is 4.96. The van der Waals surface area contributed by atoms with Crippen LogP contribution in [0.3, 0.4) is 0 Å². The lowest BCUT2D eigenvalue weighted by molar-refractivity contribution is -0.129. The molecule has 0 aliphatic heterocycles. The zero-order valence-corrected chi connectivity index (χ0v) is 10.7. The molecule has 0 saturated carbocycles. The average molecular weight is 263 g/mol. The Labute approximate surface area is 104 Å². The first kappa shape index (κ1) is 14.4. The summed E-state index contributed by atoms with van der Waals surface area (Å²) in [6.45, 7) is 2.01. The third-order valence-electron chi connectivity index (χ3n) is 2.45. The van der Waals surface area contributed by atoms with Crippen molar-refractivity contribution in [2.45, 2.75) is 30.5 Å². The van der Waals surface area contributed by atoms with Crippen LogP contribution >= 0.6 is 11.8 Å². The van der Waals surface area contributed by atoms with E-state index in [1.807, 2.05) is 38.2 Å². The average Bonchev–Trinajstić information content (AvgIpc) is 2.27. The molecule has 1 N–H and O–H groups in total. The highest BCUT2D eigenvalue weighted by molar-refractivity contribution is 7.99. The molecular weight excluding hydrogens is 247 g/mol. The van der Waals surface area contributed by atoms with Crippen LogP contribution in [0.2, 0.25) is 0 Å². The molecule has 1 nitrogen and oxygen atoms in total. The van der Waals surface area contributed by atoms with Gasteiger partial charge in [0.25, 0.3) is 0 Å². The first-order valence-corrected chi connectivity index (χ1v) is 6.37. The van der Waals surface area contributed by atoms with Gasteiger partial charge in [-0.15, -0.1) is 11.8 Å². The maximum Gasteiger partial charge on any atom is 0.389 e. The van der Waals surface area contributed by atoms with Crippen molar-refractivity contribution in [1.82, 2.24) is 5.32 Å². The van der Waals surface area contributed by atoms with Gasteiger partial charge >= 0.3 is 6.18 Å². The fourth-order valence-corrected chi connectivity index (χ4v) is 2.29. The molecule has 96 valence electrons. The number of benzene rings is 1. The van der Waals surface area contributed by atoms with Crippen LogP contribution in [-0.2, 0) is 0 Å². The van der Waals surface area contributed by atoms with Gasteiger partial charge in [0.1, 0.15) is 0 Å². The molecule has 0 fully saturated rings. The number of hydrogen-bond acceptors (Lipinski definition) is 2. The van der Waals surface area contributed by atoms with Crippen molar-refractivity contribution in [1.29, 1.82) is 0 Å². The smallest absolute Gasteiger partial charge is 0.313 e. The number of rotatable bonds is 5. The summed E-state index contributed by atoms with van der Waals surface area (Å²) in [6.07, 6.45) is -4.81. The van der Waals surface area contributed by atoms with E-state index in [4.69, 9.17) is 0 Å². The zero-order valence-electron chi connectivity index (χ0n) is 9.84. The van der Waals surface area contributed by atoms with Gasteiger partial charge in [0.2, 0.25) is 0 Å². The fourth-order valence-electron chi connectivity index (χ4n) is 1.32. The lowest BCUT2D eigenvalue weighted by Crippen LogP contribution is -2.12. The van der Waals surface area contributed by atoms with Gasteiger partial charge in [0, 0.05) is 16.7 Å². The molecule has 5 heteroatoms. The van der Waals surface area contributed by atoms with E-state index in [9.17, 15) is 13.2 Å². The van der Waals surface area contributed by atoms with Crippen LogP contribution in [0.15, 0.2) is 29.2 Å². The summed E-state index contributed by atoms with van der Waals surface area (Å²) in [5.41, 5.74) is 1.09. The molecule has 1 rings (SSSR count). The molecule has 0 aliphatic carbocycles. The van der Waals surface area contributed by atoms with Crippen LogP contribution in [-0.4, -0.2) is 19.0 Å². The Kier molecular flexibility index (Phi) is 5.33. The Balaban J connectivity index is 2.54. The van der Waals surface area contributed by atoms with Crippen LogP contribution in [0.25, 0.3) is 0 Å². The van der Waals surface area contributed by atoms with E-state index in [0.717, 1.165) is 10.5 Å². The lowest BCUT2D eigenvalue weighted by Gasteiger charge is -2.12. The first-order chi connectivity index (χ1) is 7.92. The molecule has 1 atom stereocenters. The third-order valence-corrected chi connectivity index (χ3v) is 3.44. The van der Waals surface area contributed by atoms with Crippen molar-refractivity contribution in [3.63, 3.8) is 0 Å². The normalized spacial score (nSPS) is 13.7. The summed E-state index contributed by atoms with van der Waals surface area (Å²) in [7, 11) is 1.86. The van der Waals surface area contributed by atoms with E-state index in [-0.39, 0.29) is 11.8 Å². The molecule has 1 aromatic rings. The standard InChI is InChI=1S/C12H16F3NS/c1-9(16-2)10-4-3-5-11(8-10)17-7-6-12(13,14)15/h3-5,8-9,16H,6-7H2,1-2H3. The zero-order chi connectivity index (χ0) is 12.9. The minimum Gasteiger partial charge on any atom is -0.313 e. The molecule has 0 heterocycles. The molecule has 0 spiro atoms. The van der Waals surface area contributed by atoms with Crippen molar-refractivity contribution in [3.8, 4) is 0 Å². The van der Waals surface area contributed by atoms with Crippen molar-refractivity contribution >= 4 is 11.8 Å². The van der Waals surface area contributed by atoms with Gasteiger partial charge in [-0.05, 0) is 31.7 Å². The van der Waals surface area contributed by atoms with Gasteiger partial charge in [-0.2, -0.15) is 13.2 Å². The van der Waals surface area contributed by atoms with E-state index in [0.29, 0.717) is 0 Å². The largest absolute Gasteiger partial charge is 0.389 e. The molecule has 0 aliphatic rings. The molecule has 0 saturated heterocycles. The highest BCUT2D eigenvalue weighted by atomic mass is 32.2. The van der Waals surface area contributed by atoms with Crippen LogP contribution in [0.4, 0.5) is 13.2 Å². The van der Waals surface area contributed by atoms with E-state index in [1.54, 1.807) is 0 Å². The second kappa shape index (κ2) is 6.31. The fraction of sp³-hybridized carbons (Fsp3) is 0.500. The number of nitrogens with one attached hydrogen (secondary N) is 1. The summed E-state index contributed by atoms with van der Waals surface area (Å²) in [5, 5.41) is 3.10. The van der Waals surface area contributed by atoms with Gasteiger partial charge in [0.15, 0.2) is 0 Å². The molecule has 0 aromatic heterocycles. The predicted octanol–water partition coefficient (Wildman–Crippen LogP) is 4.01. The van der Waals surface area contributed by atoms with Crippen LogP contribution in [0.1, 0.15) is 24.9 Å². The second-order valence-electron chi connectivity index (χ2n) is 3.80. The maximum atomic E-state index is 12.0. The summed E-state index contributed by atoms with van der Waals surface area (Å²) in [5.74, 6) is 0.0703. The number of alkyl halides is 3. The quantitative estimate of drug-likeness (QED) is 0.805. The maximum absolute atomic E-state index is 12.0. The van der Waals surface area contributed by atoms with Crippen molar-refractivity contribution < 1.29 is 13.2 Å². The highest BCUT2D eigenvalue weighted by Gasteiger charge is 2.26. The van der Waals surface area contributed by atoms with Crippen LogP contribution in [0, 0.1) is 0 Å². The SMILES string of the molecule is CNC(C)c1cccc(SCCC(F)(F)F)c1. The van der Waals surface area contributed by atoms with Gasteiger partial charge in [-0.1, -0.05) is 12.1 Å². The van der Waals surface area contributed by atoms with Gasteiger partial charge in [-0.3, -0.25) is 0 Å². The molecule has 0 amide bonds. The highest BCUT2D eigenvalue weighted by Crippen LogP contribution is 2.27.